The van der Waals surface area contributed by atoms with Crippen LogP contribution in [0.2, 0.25) is 5.02 Å². The number of carbonyl (C=O) groups excluding carboxylic acids is 1. The molecule has 1 aromatic heterocycles. The van der Waals surface area contributed by atoms with Crippen molar-refractivity contribution >= 4 is 34.1 Å². The first-order valence-electron chi connectivity index (χ1n) is 9.77. The van der Waals surface area contributed by atoms with Crippen molar-refractivity contribution in [1.29, 1.82) is 0 Å². The maximum Gasteiger partial charge on any atom is 0.349 e. The van der Waals surface area contributed by atoms with Gasteiger partial charge >= 0.3 is 5.69 Å². The van der Waals surface area contributed by atoms with Gasteiger partial charge in [-0.3, -0.25) is 9.36 Å². The van der Waals surface area contributed by atoms with E-state index in [1.807, 2.05) is 13.0 Å². The van der Waals surface area contributed by atoms with E-state index < -0.39 is 17.4 Å². The average molecular weight is 452 g/mol. The standard InChI is InChI=1S/C24H19ClFN3O3/c1-14-7-10-21(32-2)19(11-14)27-22(30)13-29-20-9-8-15(25)12-17(20)23(28-24(29)31)16-5-3-4-6-18(16)26/h3-12H,13H2,1-2H3,(H,27,30). The normalized spacial score (nSPS) is 10.9. The van der Waals surface area contributed by atoms with Crippen LogP contribution in [0, 0.1) is 12.7 Å². The third kappa shape index (κ3) is 4.20. The summed E-state index contributed by atoms with van der Waals surface area (Å²) in [6.07, 6.45) is 0. The van der Waals surface area contributed by atoms with Crippen LogP contribution in [-0.2, 0) is 11.3 Å². The summed E-state index contributed by atoms with van der Waals surface area (Å²) in [5, 5.41) is 3.63. The third-order valence-electron chi connectivity index (χ3n) is 5.00. The Morgan fingerprint density at radius 3 is 2.69 bits per heavy atom. The molecule has 0 aliphatic heterocycles. The summed E-state index contributed by atoms with van der Waals surface area (Å²) in [4.78, 5) is 29.8. The monoisotopic (exact) mass is 451 g/mol. The molecule has 1 heterocycles. The molecular weight excluding hydrogens is 433 g/mol. The Hall–Kier alpha value is -3.71. The lowest BCUT2D eigenvalue weighted by Gasteiger charge is -2.15. The van der Waals surface area contributed by atoms with Gasteiger partial charge in [0, 0.05) is 16.0 Å². The van der Waals surface area contributed by atoms with E-state index >= 15 is 0 Å². The number of carbonyl (C=O) groups is 1. The predicted octanol–water partition coefficient (Wildman–Crippen LogP) is 4.81. The van der Waals surface area contributed by atoms with Crippen molar-refractivity contribution in [3.8, 4) is 17.0 Å². The Kier molecular flexibility index (Phi) is 5.92. The zero-order valence-corrected chi connectivity index (χ0v) is 18.1. The van der Waals surface area contributed by atoms with Gasteiger partial charge in [-0.25, -0.2) is 9.18 Å². The van der Waals surface area contributed by atoms with E-state index in [2.05, 4.69) is 10.3 Å². The Bertz CT molecular complexity index is 1400. The fraction of sp³-hybridized carbons (Fsp3) is 0.125. The summed E-state index contributed by atoms with van der Waals surface area (Å²) in [5.41, 5.74) is 1.52. The molecule has 6 nitrogen and oxygen atoms in total. The Morgan fingerprint density at radius 1 is 1.16 bits per heavy atom. The third-order valence-corrected chi connectivity index (χ3v) is 5.24. The molecule has 0 radical (unpaired) electrons. The van der Waals surface area contributed by atoms with E-state index in [0.29, 0.717) is 27.4 Å². The molecule has 1 N–H and O–H groups in total. The molecule has 0 spiro atoms. The number of hydrogen-bond donors (Lipinski definition) is 1. The summed E-state index contributed by atoms with van der Waals surface area (Å²) < 4.78 is 21.0. The van der Waals surface area contributed by atoms with Crippen LogP contribution in [0.3, 0.4) is 0 Å². The average Bonchev–Trinajstić information content (AvgIpc) is 2.76. The topological polar surface area (TPSA) is 73.2 Å². The summed E-state index contributed by atoms with van der Waals surface area (Å²) >= 11 is 6.17. The molecule has 1 amide bonds. The number of rotatable bonds is 5. The van der Waals surface area contributed by atoms with Crippen LogP contribution < -0.4 is 15.7 Å². The highest BCUT2D eigenvalue weighted by Gasteiger charge is 2.17. The van der Waals surface area contributed by atoms with Gasteiger partial charge in [-0.05, 0) is 55.0 Å². The van der Waals surface area contributed by atoms with E-state index in [1.54, 1.807) is 48.5 Å². The molecule has 0 aliphatic carbocycles. The van der Waals surface area contributed by atoms with Crippen LogP contribution in [0.5, 0.6) is 5.75 Å². The minimum absolute atomic E-state index is 0.169. The molecular formula is C24H19ClFN3O3. The van der Waals surface area contributed by atoms with Crippen molar-refractivity contribution in [3.05, 3.63) is 87.6 Å². The number of nitrogens with one attached hydrogen (secondary N) is 1. The summed E-state index contributed by atoms with van der Waals surface area (Å²) in [7, 11) is 1.51. The zero-order valence-electron chi connectivity index (χ0n) is 17.4. The number of hydrogen-bond acceptors (Lipinski definition) is 4. The summed E-state index contributed by atoms with van der Waals surface area (Å²) in [6.45, 7) is 1.60. The zero-order chi connectivity index (χ0) is 22.8. The summed E-state index contributed by atoms with van der Waals surface area (Å²) in [6, 6.07) is 16.3. The number of aryl methyl sites for hydroxylation is 1. The number of methoxy groups -OCH3 is 1. The van der Waals surface area contributed by atoms with Crippen LogP contribution in [-0.4, -0.2) is 22.6 Å². The SMILES string of the molecule is COc1ccc(C)cc1NC(=O)Cn1c(=O)nc(-c2ccccc2F)c2cc(Cl)ccc21. The molecule has 3 aromatic carbocycles. The lowest BCUT2D eigenvalue weighted by atomic mass is 10.1. The Morgan fingerprint density at radius 2 is 1.94 bits per heavy atom. The van der Waals surface area contributed by atoms with Gasteiger partial charge in [-0.1, -0.05) is 29.8 Å². The molecule has 0 atom stereocenters. The number of ether oxygens (including phenoxy) is 1. The molecule has 0 aliphatic rings. The number of halogens is 2. The molecule has 0 unspecified atom stereocenters. The minimum atomic E-state index is -0.676. The largest absolute Gasteiger partial charge is 0.495 e. The number of fused-ring (bicyclic) bond motifs is 1. The molecule has 4 aromatic rings. The molecule has 0 saturated carbocycles. The minimum Gasteiger partial charge on any atom is -0.495 e. The number of nitrogens with zero attached hydrogens (tertiary/aromatic N) is 2. The second kappa shape index (κ2) is 8.80. The lowest BCUT2D eigenvalue weighted by Crippen LogP contribution is -2.30. The first kappa shape index (κ1) is 21.5. The molecule has 0 fully saturated rings. The predicted molar refractivity (Wildman–Crippen MR) is 123 cm³/mol. The van der Waals surface area contributed by atoms with Gasteiger partial charge in [0.2, 0.25) is 5.91 Å². The Labute approximate surface area is 188 Å². The second-order valence-electron chi connectivity index (χ2n) is 7.22. The van der Waals surface area contributed by atoms with Crippen molar-refractivity contribution in [2.45, 2.75) is 13.5 Å². The van der Waals surface area contributed by atoms with Gasteiger partial charge in [0.05, 0.1) is 24.0 Å². The van der Waals surface area contributed by atoms with Gasteiger partial charge < -0.3 is 10.1 Å². The number of aromatic nitrogens is 2. The highest BCUT2D eigenvalue weighted by molar-refractivity contribution is 6.31. The van der Waals surface area contributed by atoms with E-state index in [1.165, 1.54) is 17.7 Å². The van der Waals surface area contributed by atoms with E-state index in [-0.39, 0.29) is 17.8 Å². The first-order valence-corrected chi connectivity index (χ1v) is 10.1. The van der Waals surface area contributed by atoms with Gasteiger partial charge in [0.15, 0.2) is 0 Å². The van der Waals surface area contributed by atoms with Crippen molar-refractivity contribution in [2.75, 3.05) is 12.4 Å². The fourth-order valence-corrected chi connectivity index (χ4v) is 3.69. The van der Waals surface area contributed by atoms with Gasteiger partial charge in [0.1, 0.15) is 18.1 Å². The maximum atomic E-state index is 14.4. The first-order chi connectivity index (χ1) is 15.4. The molecule has 8 heteroatoms. The number of benzene rings is 3. The summed E-state index contributed by atoms with van der Waals surface area (Å²) in [5.74, 6) is -0.448. The van der Waals surface area contributed by atoms with E-state index in [0.717, 1.165) is 5.56 Å². The molecule has 0 bridgehead atoms. The van der Waals surface area contributed by atoms with E-state index in [9.17, 15) is 14.0 Å². The smallest absolute Gasteiger partial charge is 0.349 e. The number of amides is 1. The van der Waals surface area contributed by atoms with Gasteiger partial charge in [0.25, 0.3) is 0 Å². The quantitative estimate of drug-likeness (QED) is 0.472. The molecule has 32 heavy (non-hydrogen) atoms. The Balaban J connectivity index is 1.78. The van der Waals surface area contributed by atoms with Crippen LogP contribution in [0.25, 0.3) is 22.2 Å². The van der Waals surface area contributed by atoms with Crippen LogP contribution >= 0.6 is 11.6 Å². The fourth-order valence-electron chi connectivity index (χ4n) is 3.52. The van der Waals surface area contributed by atoms with Crippen LogP contribution in [0.1, 0.15) is 5.56 Å². The van der Waals surface area contributed by atoms with Crippen molar-refractivity contribution < 1.29 is 13.9 Å². The molecule has 162 valence electrons. The molecule has 0 saturated heterocycles. The second-order valence-corrected chi connectivity index (χ2v) is 7.66. The van der Waals surface area contributed by atoms with Gasteiger partial charge in [-0.2, -0.15) is 4.98 Å². The van der Waals surface area contributed by atoms with Gasteiger partial charge in [-0.15, -0.1) is 0 Å². The van der Waals surface area contributed by atoms with Crippen LogP contribution in [0.4, 0.5) is 10.1 Å². The highest BCUT2D eigenvalue weighted by atomic mass is 35.5. The molecule has 4 rings (SSSR count). The van der Waals surface area contributed by atoms with Crippen molar-refractivity contribution in [1.82, 2.24) is 9.55 Å². The lowest BCUT2D eigenvalue weighted by molar-refractivity contribution is -0.116. The van der Waals surface area contributed by atoms with Crippen LogP contribution in [0.15, 0.2) is 65.5 Å². The number of anilines is 1. The van der Waals surface area contributed by atoms with Crippen molar-refractivity contribution in [2.24, 2.45) is 0 Å². The van der Waals surface area contributed by atoms with Crippen molar-refractivity contribution in [3.63, 3.8) is 0 Å². The van der Waals surface area contributed by atoms with E-state index in [4.69, 9.17) is 16.3 Å². The maximum absolute atomic E-state index is 14.4. The highest BCUT2D eigenvalue weighted by Crippen LogP contribution is 2.30.